The van der Waals surface area contributed by atoms with Crippen LogP contribution in [-0.2, 0) is 0 Å². The van der Waals surface area contributed by atoms with Crippen molar-refractivity contribution in [3.63, 3.8) is 0 Å². The molecule has 0 aliphatic carbocycles. The Morgan fingerprint density at radius 2 is 0.806 bits per heavy atom. The van der Waals surface area contributed by atoms with E-state index in [9.17, 15) is 0 Å². The van der Waals surface area contributed by atoms with Gasteiger partial charge in [-0.15, -0.1) is 0 Å². The van der Waals surface area contributed by atoms with Crippen molar-refractivity contribution in [2.24, 2.45) is 0 Å². The summed E-state index contributed by atoms with van der Waals surface area (Å²) in [6, 6.07) is 32.5. The summed E-state index contributed by atoms with van der Waals surface area (Å²) in [4.78, 5) is 0. The molecule has 36 heavy (non-hydrogen) atoms. The molecule has 0 heterocycles. The molecule has 4 aromatic rings. The third-order valence-electron chi connectivity index (χ3n) is 8.13. The van der Waals surface area contributed by atoms with E-state index in [0.29, 0.717) is 0 Å². The van der Waals surface area contributed by atoms with Gasteiger partial charge in [-0.1, -0.05) is 160 Å². The van der Waals surface area contributed by atoms with Crippen LogP contribution in [0.2, 0.25) is 5.04 Å². The zero-order valence-corrected chi connectivity index (χ0v) is 24.7. The SMILES string of the molecule is Cc1cc(C)c(B(c2c(C)cc(C)cc2C)[Si](c2ccccc2)(c2ccccc2)C(C)(C)C)c(C)c1. The molecule has 0 saturated heterocycles. The van der Waals surface area contributed by atoms with Gasteiger partial charge in [-0.25, -0.2) is 0 Å². The molecule has 0 saturated carbocycles. The van der Waals surface area contributed by atoms with Crippen molar-refractivity contribution in [3.8, 4) is 0 Å². The summed E-state index contributed by atoms with van der Waals surface area (Å²) in [5.41, 5.74) is 11.3. The van der Waals surface area contributed by atoms with E-state index in [2.05, 4.69) is 147 Å². The molecule has 184 valence electrons. The first-order chi connectivity index (χ1) is 17.0. The van der Waals surface area contributed by atoms with Crippen LogP contribution in [0.25, 0.3) is 0 Å². The van der Waals surface area contributed by atoms with E-state index in [4.69, 9.17) is 0 Å². The Morgan fingerprint density at radius 1 is 0.500 bits per heavy atom. The fraction of sp³-hybridized carbons (Fsp3) is 0.294. The minimum atomic E-state index is -2.52. The highest BCUT2D eigenvalue weighted by Crippen LogP contribution is 2.38. The van der Waals surface area contributed by atoms with Crippen molar-refractivity contribution in [2.45, 2.75) is 67.4 Å². The number of aryl methyl sites for hydroxylation is 6. The lowest BCUT2D eigenvalue weighted by atomic mass is 9.55. The maximum Gasteiger partial charge on any atom is 0.215 e. The zero-order chi connectivity index (χ0) is 26.3. The Balaban J connectivity index is 2.29. The van der Waals surface area contributed by atoms with E-state index in [-0.39, 0.29) is 11.3 Å². The molecule has 0 radical (unpaired) electrons. The molecule has 0 aromatic heterocycles. The Morgan fingerprint density at radius 3 is 1.08 bits per heavy atom. The second-order valence-corrected chi connectivity index (χ2v) is 16.7. The number of benzene rings is 4. The third kappa shape index (κ3) is 4.41. The molecule has 0 spiro atoms. The summed E-state index contributed by atoms with van der Waals surface area (Å²) in [5, 5.41) is 3.06. The van der Waals surface area contributed by atoms with Crippen LogP contribution in [0.5, 0.6) is 0 Å². The second kappa shape index (κ2) is 9.90. The zero-order valence-electron chi connectivity index (χ0n) is 23.7. The highest BCUT2D eigenvalue weighted by Gasteiger charge is 2.57. The van der Waals surface area contributed by atoms with Gasteiger partial charge in [-0.3, -0.25) is 0 Å². The number of rotatable bonds is 5. The van der Waals surface area contributed by atoms with Gasteiger partial charge in [0.15, 0.2) is 0 Å². The van der Waals surface area contributed by atoms with E-state index in [0.717, 1.165) is 0 Å². The van der Waals surface area contributed by atoms with E-state index in [1.807, 2.05) is 0 Å². The molecule has 4 aromatic carbocycles. The van der Waals surface area contributed by atoms with Crippen LogP contribution in [0.15, 0.2) is 84.9 Å². The van der Waals surface area contributed by atoms with Crippen LogP contribution in [-0.4, -0.2) is 14.2 Å². The van der Waals surface area contributed by atoms with Gasteiger partial charge >= 0.3 is 0 Å². The fourth-order valence-electron chi connectivity index (χ4n) is 7.07. The quantitative estimate of drug-likeness (QED) is 0.290. The first kappa shape index (κ1) is 26.2. The minimum Gasteiger partial charge on any atom is -0.0705 e. The van der Waals surface area contributed by atoms with E-state index < -0.39 is 7.94 Å². The average molecular weight is 489 g/mol. The smallest absolute Gasteiger partial charge is 0.0705 e. The van der Waals surface area contributed by atoms with Gasteiger partial charge in [0.05, 0.1) is 0 Å². The largest absolute Gasteiger partial charge is 0.215 e. The minimum absolute atomic E-state index is 0.0495. The normalized spacial score (nSPS) is 12.0. The van der Waals surface area contributed by atoms with Crippen molar-refractivity contribution >= 4 is 35.5 Å². The molecule has 0 N–H and O–H groups in total. The molecule has 0 unspecified atom stereocenters. The molecular weight excluding hydrogens is 447 g/mol. The summed E-state index contributed by atoms with van der Waals surface area (Å²) in [7, 11) is -2.52. The van der Waals surface area contributed by atoms with Gasteiger partial charge in [-0.05, 0) is 46.6 Å². The Kier molecular flexibility index (Phi) is 7.21. The molecule has 0 amide bonds. The fourth-order valence-corrected chi connectivity index (χ4v) is 13.9. The van der Waals surface area contributed by atoms with Crippen LogP contribution in [0.3, 0.4) is 0 Å². The Hall–Kier alpha value is -2.84. The number of hydrogen-bond acceptors (Lipinski definition) is 0. The molecule has 0 fully saturated rings. The molecular formula is C34H41BSi. The average Bonchev–Trinajstić information content (AvgIpc) is 2.78. The summed E-state index contributed by atoms with van der Waals surface area (Å²) in [5.74, 6) is 0. The molecule has 0 bridgehead atoms. The van der Waals surface area contributed by atoms with E-state index in [1.165, 1.54) is 54.7 Å². The van der Waals surface area contributed by atoms with Gasteiger partial charge in [0.2, 0.25) is 6.31 Å². The van der Waals surface area contributed by atoms with Crippen LogP contribution in [0.1, 0.15) is 54.2 Å². The monoisotopic (exact) mass is 488 g/mol. The first-order valence-corrected chi connectivity index (χ1v) is 15.3. The molecule has 0 aliphatic heterocycles. The molecule has 0 aliphatic rings. The van der Waals surface area contributed by atoms with Crippen molar-refractivity contribution < 1.29 is 0 Å². The van der Waals surface area contributed by atoms with Gasteiger partial charge in [0, 0.05) is 0 Å². The molecule has 2 heteroatoms. The van der Waals surface area contributed by atoms with E-state index >= 15 is 0 Å². The first-order valence-electron chi connectivity index (χ1n) is 13.2. The van der Waals surface area contributed by atoms with Gasteiger partial charge < -0.3 is 0 Å². The lowest BCUT2D eigenvalue weighted by molar-refractivity contribution is 0.743. The molecule has 0 atom stereocenters. The van der Waals surface area contributed by atoms with Crippen molar-refractivity contribution in [1.82, 2.24) is 0 Å². The van der Waals surface area contributed by atoms with Crippen LogP contribution in [0, 0.1) is 41.5 Å². The van der Waals surface area contributed by atoms with Gasteiger partial charge in [0.1, 0.15) is 7.94 Å². The standard InChI is InChI=1S/C34H41BSi/c1-24-20-26(3)32(27(4)21-24)35(33-28(5)22-25(2)23-29(33)6)36(34(7,8)9,30-16-12-10-13-17-30)31-18-14-11-15-19-31/h10-23H,1-9H3. The van der Waals surface area contributed by atoms with E-state index in [1.54, 1.807) is 0 Å². The topological polar surface area (TPSA) is 0 Å². The van der Waals surface area contributed by atoms with Crippen molar-refractivity contribution in [3.05, 3.63) is 118 Å². The highest BCUT2D eigenvalue weighted by atomic mass is 28.3. The lowest BCUT2D eigenvalue weighted by Gasteiger charge is -2.50. The second-order valence-electron chi connectivity index (χ2n) is 11.8. The molecule has 4 rings (SSSR count). The van der Waals surface area contributed by atoms with Crippen LogP contribution >= 0.6 is 0 Å². The summed E-state index contributed by atoms with van der Waals surface area (Å²) in [6.07, 6.45) is 0.281. The third-order valence-corrected chi connectivity index (χ3v) is 14.4. The number of hydrogen-bond donors (Lipinski definition) is 0. The maximum atomic E-state index is 2.49. The molecule has 0 nitrogen and oxygen atoms in total. The Bertz CT molecular complexity index is 1220. The maximum absolute atomic E-state index is 2.52. The van der Waals surface area contributed by atoms with Crippen LogP contribution in [0.4, 0.5) is 0 Å². The summed E-state index contributed by atoms with van der Waals surface area (Å²) in [6.45, 7) is 21.3. The summed E-state index contributed by atoms with van der Waals surface area (Å²) >= 11 is 0. The predicted octanol–water partition coefficient (Wildman–Crippen LogP) is 6.29. The summed E-state index contributed by atoms with van der Waals surface area (Å²) < 4.78 is 0. The Labute approximate surface area is 220 Å². The van der Waals surface area contributed by atoms with Crippen LogP contribution < -0.4 is 21.3 Å². The lowest BCUT2D eigenvalue weighted by Crippen LogP contribution is -2.81. The highest BCUT2D eigenvalue weighted by molar-refractivity contribution is 7.52. The van der Waals surface area contributed by atoms with Crippen molar-refractivity contribution in [2.75, 3.05) is 0 Å². The van der Waals surface area contributed by atoms with Crippen molar-refractivity contribution in [1.29, 1.82) is 0 Å². The van der Waals surface area contributed by atoms with Gasteiger partial charge in [-0.2, -0.15) is 0 Å². The predicted molar refractivity (Wildman–Crippen MR) is 164 cm³/mol. The van der Waals surface area contributed by atoms with Gasteiger partial charge in [0.25, 0.3) is 0 Å².